The number of carbonyl (C=O) groups excluding carboxylic acids is 1. The van der Waals surface area contributed by atoms with Crippen LogP contribution in [0.25, 0.3) is 0 Å². The van der Waals surface area contributed by atoms with Crippen molar-refractivity contribution in [3.05, 3.63) is 78.4 Å². The molecule has 1 rings (SSSR count). The van der Waals surface area contributed by atoms with Gasteiger partial charge in [0.2, 0.25) is 5.91 Å². The van der Waals surface area contributed by atoms with E-state index in [9.17, 15) is 4.79 Å². The summed E-state index contributed by atoms with van der Waals surface area (Å²) in [6.07, 6.45) is 29.1. The SMILES string of the molecule is CCN(CC)c1ccccc1CCCCC/C=C\C/C=C\C/C=C\C/C=C\CCCC(N)=O. The average molecular weight is 451 g/mol. The lowest BCUT2D eigenvalue weighted by Crippen LogP contribution is -2.23. The quantitative estimate of drug-likeness (QED) is 0.173. The van der Waals surface area contributed by atoms with E-state index in [2.05, 4.69) is 91.6 Å². The number of aryl methyl sites for hydroxylation is 1. The molecule has 3 heteroatoms. The molecule has 0 saturated carbocycles. The summed E-state index contributed by atoms with van der Waals surface area (Å²) in [7, 11) is 0. The van der Waals surface area contributed by atoms with Crippen molar-refractivity contribution in [1.82, 2.24) is 0 Å². The molecule has 3 nitrogen and oxygen atoms in total. The van der Waals surface area contributed by atoms with Crippen LogP contribution < -0.4 is 10.6 Å². The number of nitrogens with two attached hydrogens (primary N) is 1. The predicted molar refractivity (Wildman–Crippen MR) is 146 cm³/mol. The van der Waals surface area contributed by atoms with Gasteiger partial charge in [-0.05, 0) is 83.3 Å². The van der Waals surface area contributed by atoms with Gasteiger partial charge in [0, 0.05) is 25.2 Å². The maximum atomic E-state index is 10.6. The molecule has 0 bridgehead atoms. The molecule has 0 heterocycles. The minimum atomic E-state index is -0.215. The van der Waals surface area contributed by atoms with Crippen molar-refractivity contribution in [3.8, 4) is 0 Å². The Morgan fingerprint density at radius 3 is 1.88 bits per heavy atom. The molecule has 0 aliphatic rings. The normalized spacial score (nSPS) is 12.1. The maximum Gasteiger partial charge on any atom is 0.217 e. The van der Waals surface area contributed by atoms with Crippen molar-refractivity contribution in [2.24, 2.45) is 5.73 Å². The van der Waals surface area contributed by atoms with Gasteiger partial charge in [0.1, 0.15) is 0 Å². The number of unbranched alkanes of at least 4 members (excludes halogenated alkanes) is 4. The highest BCUT2D eigenvalue weighted by Crippen LogP contribution is 2.22. The van der Waals surface area contributed by atoms with Crippen molar-refractivity contribution in [2.75, 3.05) is 18.0 Å². The van der Waals surface area contributed by atoms with E-state index in [1.165, 1.54) is 43.4 Å². The van der Waals surface area contributed by atoms with Gasteiger partial charge in [-0.1, -0.05) is 73.2 Å². The fourth-order valence-corrected chi connectivity index (χ4v) is 3.79. The predicted octanol–water partition coefficient (Wildman–Crippen LogP) is 7.69. The first kappa shape index (κ1) is 28.5. The van der Waals surface area contributed by atoms with Crippen LogP contribution in [0.5, 0.6) is 0 Å². The van der Waals surface area contributed by atoms with Gasteiger partial charge >= 0.3 is 0 Å². The Labute approximate surface area is 203 Å². The van der Waals surface area contributed by atoms with Gasteiger partial charge in [-0.3, -0.25) is 4.79 Å². The Hall–Kier alpha value is -2.55. The molecule has 182 valence electrons. The minimum Gasteiger partial charge on any atom is -0.372 e. The number of hydrogen-bond donors (Lipinski definition) is 1. The summed E-state index contributed by atoms with van der Waals surface area (Å²) in [6.45, 7) is 6.61. The molecule has 1 aromatic rings. The Kier molecular flexibility index (Phi) is 17.3. The molecular formula is C30H46N2O. The van der Waals surface area contributed by atoms with E-state index in [0.29, 0.717) is 6.42 Å². The molecule has 1 amide bonds. The largest absolute Gasteiger partial charge is 0.372 e. The summed E-state index contributed by atoms with van der Waals surface area (Å²) in [5.41, 5.74) is 8.02. The zero-order valence-electron chi connectivity index (χ0n) is 21.1. The number of primary amides is 1. The van der Waals surface area contributed by atoms with E-state index >= 15 is 0 Å². The van der Waals surface area contributed by atoms with Crippen LogP contribution in [0.3, 0.4) is 0 Å². The van der Waals surface area contributed by atoms with Gasteiger partial charge < -0.3 is 10.6 Å². The number of carbonyl (C=O) groups is 1. The zero-order valence-corrected chi connectivity index (χ0v) is 21.1. The van der Waals surface area contributed by atoms with Gasteiger partial charge in [-0.25, -0.2) is 0 Å². The molecule has 0 radical (unpaired) electrons. The Morgan fingerprint density at radius 1 is 0.758 bits per heavy atom. The number of para-hydroxylation sites is 1. The van der Waals surface area contributed by atoms with Crippen molar-refractivity contribution in [3.63, 3.8) is 0 Å². The summed E-state index contributed by atoms with van der Waals surface area (Å²) in [5.74, 6) is -0.215. The number of benzene rings is 1. The van der Waals surface area contributed by atoms with E-state index in [4.69, 9.17) is 5.73 Å². The molecule has 0 aliphatic heterocycles. The maximum absolute atomic E-state index is 10.6. The lowest BCUT2D eigenvalue weighted by molar-refractivity contribution is -0.118. The summed E-state index contributed by atoms with van der Waals surface area (Å²) in [6, 6.07) is 8.88. The molecule has 0 atom stereocenters. The molecule has 0 aliphatic carbocycles. The fraction of sp³-hybridized carbons (Fsp3) is 0.500. The van der Waals surface area contributed by atoms with Gasteiger partial charge in [0.05, 0.1) is 0 Å². The van der Waals surface area contributed by atoms with Crippen LogP contribution in [0.2, 0.25) is 0 Å². The van der Waals surface area contributed by atoms with Crippen LogP contribution in [0.1, 0.15) is 83.6 Å². The molecule has 0 aromatic heterocycles. The molecule has 0 unspecified atom stereocenters. The van der Waals surface area contributed by atoms with Crippen molar-refractivity contribution in [2.45, 2.75) is 84.5 Å². The lowest BCUT2D eigenvalue weighted by atomic mass is 10.0. The highest BCUT2D eigenvalue weighted by Gasteiger charge is 2.06. The van der Waals surface area contributed by atoms with Crippen molar-refractivity contribution in [1.29, 1.82) is 0 Å². The first-order chi connectivity index (χ1) is 16.2. The Balaban J connectivity index is 2.05. The van der Waals surface area contributed by atoms with Crippen LogP contribution in [-0.4, -0.2) is 19.0 Å². The fourth-order valence-electron chi connectivity index (χ4n) is 3.79. The Bertz CT molecular complexity index is 741. The molecule has 2 N–H and O–H groups in total. The third kappa shape index (κ3) is 15.0. The number of hydrogen-bond acceptors (Lipinski definition) is 2. The highest BCUT2D eigenvalue weighted by atomic mass is 16.1. The number of allylic oxidation sites excluding steroid dienone is 8. The van der Waals surface area contributed by atoms with E-state index < -0.39 is 0 Å². The van der Waals surface area contributed by atoms with Gasteiger partial charge in [-0.15, -0.1) is 0 Å². The van der Waals surface area contributed by atoms with E-state index in [1.807, 2.05) is 0 Å². The first-order valence-electron chi connectivity index (χ1n) is 12.9. The second-order valence-electron chi connectivity index (χ2n) is 8.35. The average Bonchev–Trinajstić information content (AvgIpc) is 2.82. The first-order valence-corrected chi connectivity index (χ1v) is 12.9. The van der Waals surface area contributed by atoms with Gasteiger partial charge in [0.25, 0.3) is 0 Å². The number of nitrogens with zero attached hydrogens (tertiary/aromatic N) is 1. The second-order valence-corrected chi connectivity index (χ2v) is 8.35. The van der Waals surface area contributed by atoms with Crippen LogP contribution in [0.15, 0.2) is 72.9 Å². The lowest BCUT2D eigenvalue weighted by Gasteiger charge is -2.24. The smallest absolute Gasteiger partial charge is 0.217 e. The van der Waals surface area contributed by atoms with E-state index in [-0.39, 0.29) is 5.91 Å². The zero-order chi connectivity index (χ0) is 24.0. The third-order valence-corrected chi connectivity index (χ3v) is 5.69. The third-order valence-electron chi connectivity index (χ3n) is 5.69. The molecule has 0 spiro atoms. The van der Waals surface area contributed by atoms with Crippen molar-refractivity contribution >= 4 is 11.6 Å². The molecule has 0 fully saturated rings. The highest BCUT2D eigenvalue weighted by molar-refractivity contribution is 5.73. The van der Waals surface area contributed by atoms with Gasteiger partial charge in [-0.2, -0.15) is 0 Å². The Morgan fingerprint density at radius 2 is 1.30 bits per heavy atom. The molecule has 0 saturated heterocycles. The summed E-state index contributed by atoms with van der Waals surface area (Å²) in [4.78, 5) is 13.1. The van der Waals surface area contributed by atoms with Crippen LogP contribution in [-0.2, 0) is 11.2 Å². The standard InChI is InChI=1S/C30H46N2O/c1-3-32(4-2)29-26-23-22-25-28(29)24-20-18-16-14-12-10-8-6-5-7-9-11-13-15-17-19-21-27-30(31)33/h5-6,9-12,15,17,22-23,25-26H,3-4,7-8,13-14,16,18-21,24,27H2,1-2H3,(H2,31,33)/b6-5-,11-9-,12-10-,17-15-. The number of amides is 1. The summed E-state index contributed by atoms with van der Waals surface area (Å²) < 4.78 is 0. The van der Waals surface area contributed by atoms with E-state index in [1.54, 1.807) is 0 Å². The van der Waals surface area contributed by atoms with Gasteiger partial charge in [0.15, 0.2) is 0 Å². The van der Waals surface area contributed by atoms with Crippen LogP contribution in [0, 0.1) is 0 Å². The number of anilines is 1. The molecular weight excluding hydrogens is 404 g/mol. The number of rotatable bonds is 19. The molecule has 1 aromatic carbocycles. The van der Waals surface area contributed by atoms with Crippen molar-refractivity contribution < 1.29 is 4.79 Å². The second kappa shape index (κ2) is 20.1. The van der Waals surface area contributed by atoms with Crippen LogP contribution in [0.4, 0.5) is 5.69 Å². The topological polar surface area (TPSA) is 46.3 Å². The summed E-state index contributed by atoms with van der Waals surface area (Å²) >= 11 is 0. The molecule has 33 heavy (non-hydrogen) atoms. The minimum absolute atomic E-state index is 0.215. The summed E-state index contributed by atoms with van der Waals surface area (Å²) in [5, 5.41) is 0. The monoisotopic (exact) mass is 450 g/mol. The van der Waals surface area contributed by atoms with E-state index in [0.717, 1.165) is 45.2 Å². The van der Waals surface area contributed by atoms with Crippen LogP contribution >= 0.6 is 0 Å².